The van der Waals surface area contributed by atoms with Crippen LogP contribution in [-0.2, 0) is 22.7 Å². The Balaban J connectivity index is 2.48. The molecule has 1 aromatic rings. The van der Waals surface area contributed by atoms with E-state index in [1.54, 1.807) is 12.1 Å². The Morgan fingerprint density at radius 1 is 1.25 bits per heavy atom. The smallest absolute Gasteiger partial charge is 0.239 e. The summed E-state index contributed by atoms with van der Waals surface area (Å²) in [5.41, 5.74) is 7.07. The van der Waals surface area contributed by atoms with E-state index in [1.807, 2.05) is 32.8 Å². The largest absolute Gasteiger partial charge is 0.350 e. The van der Waals surface area contributed by atoms with Crippen molar-refractivity contribution in [1.29, 1.82) is 0 Å². The molecule has 0 aromatic heterocycles. The first-order valence-electron chi connectivity index (χ1n) is 7.92. The first-order chi connectivity index (χ1) is 11.2. The molecule has 134 valence electrons. The molecule has 0 bridgehead atoms. The lowest BCUT2D eigenvalue weighted by molar-refractivity contribution is -0.127. The molecule has 0 spiro atoms. The highest BCUT2D eigenvalue weighted by molar-refractivity contribution is 5.87. The molecule has 0 fully saturated rings. The van der Waals surface area contributed by atoms with Crippen molar-refractivity contribution < 1.29 is 14.0 Å². The quantitative estimate of drug-likeness (QED) is 0.648. The summed E-state index contributed by atoms with van der Waals surface area (Å²) in [6.45, 7) is 4.29. The summed E-state index contributed by atoms with van der Waals surface area (Å²) < 4.78 is 13.7. The van der Waals surface area contributed by atoms with E-state index in [4.69, 9.17) is 5.73 Å². The molecular weight excluding hydrogens is 311 g/mol. The number of amides is 2. The van der Waals surface area contributed by atoms with Gasteiger partial charge < -0.3 is 21.3 Å². The number of nitrogens with one attached hydrogen (secondary N) is 2. The molecule has 24 heavy (non-hydrogen) atoms. The summed E-state index contributed by atoms with van der Waals surface area (Å²) in [7, 11) is 3.72. The lowest BCUT2D eigenvalue weighted by Crippen LogP contribution is -2.47. The molecule has 2 amide bonds. The Kier molecular flexibility index (Phi) is 7.81. The number of rotatable bonds is 8. The molecule has 0 heterocycles. The highest BCUT2D eigenvalue weighted by Gasteiger charge is 2.17. The predicted molar refractivity (Wildman–Crippen MR) is 91.5 cm³/mol. The second-order valence-electron chi connectivity index (χ2n) is 6.43. The standard InChI is InChI=1S/C17H27FN4O2/c1-11(2)16(19)17(24)21-9-15(23)20-8-12-5-6-14(18)13(7-12)10-22(3)4/h5-7,11,16H,8-10,19H2,1-4H3,(H,20,23)(H,21,24)/t16-/m0/s1. The van der Waals surface area contributed by atoms with Gasteiger partial charge in [-0.15, -0.1) is 0 Å². The Bertz CT molecular complexity index is 576. The van der Waals surface area contributed by atoms with Crippen LogP contribution in [0.25, 0.3) is 0 Å². The Morgan fingerprint density at radius 3 is 2.50 bits per heavy atom. The normalized spacial score (nSPS) is 12.3. The third kappa shape index (κ3) is 6.64. The minimum absolute atomic E-state index is 0.00222. The predicted octanol–water partition coefficient (Wildman–Crippen LogP) is 0.603. The van der Waals surface area contributed by atoms with Crippen molar-refractivity contribution in [2.75, 3.05) is 20.6 Å². The average Bonchev–Trinajstić information content (AvgIpc) is 2.51. The maximum Gasteiger partial charge on any atom is 0.239 e. The van der Waals surface area contributed by atoms with Crippen molar-refractivity contribution in [2.45, 2.75) is 33.0 Å². The van der Waals surface area contributed by atoms with Crippen molar-refractivity contribution in [3.05, 3.63) is 35.1 Å². The van der Waals surface area contributed by atoms with Gasteiger partial charge in [0, 0.05) is 18.7 Å². The number of hydrogen-bond acceptors (Lipinski definition) is 4. The van der Waals surface area contributed by atoms with Gasteiger partial charge in [0.1, 0.15) is 5.82 Å². The fourth-order valence-electron chi connectivity index (χ4n) is 2.05. The monoisotopic (exact) mass is 338 g/mol. The van der Waals surface area contributed by atoms with Crippen LogP contribution in [0.4, 0.5) is 4.39 Å². The van der Waals surface area contributed by atoms with Crippen LogP contribution in [0.3, 0.4) is 0 Å². The van der Waals surface area contributed by atoms with Crippen LogP contribution < -0.4 is 16.4 Å². The molecule has 0 radical (unpaired) electrons. The van der Waals surface area contributed by atoms with E-state index in [0.717, 1.165) is 5.56 Å². The molecule has 7 heteroatoms. The topological polar surface area (TPSA) is 87.5 Å². The van der Waals surface area contributed by atoms with Crippen LogP contribution in [0.5, 0.6) is 0 Å². The fourth-order valence-corrected chi connectivity index (χ4v) is 2.05. The summed E-state index contributed by atoms with van der Waals surface area (Å²) in [4.78, 5) is 25.3. The van der Waals surface area contributed by atoms with Crippen LogP contribution >= 0.6 is 0 Å². The second kappa shape index (κ2) is 9.34. The van der Waals surface area contributed by atoms with Gasteiger partial charge in [-0.05, 0) is 37.7 Å². The molecule has 0 saturated carbocycles. The average molecular weight is 338 g/mol. The zero-order chi connectivity index (χ0) is 18.3. The van der Waals surface area contributed by atoms with Gasteiger partial charge in [-0.2, -0.15) is 0 Å². The van der Waals surface area contributed by atoms with E-state index >= 15 is 0 Å². The van der Waals surface area contributed by atoms with E-state index in [9.17, 15) is 14.0 Å². The van der Waals surface area contributed by atoms with Crippen molar-refractivity contribution in [3.8, 4) is 0 Å². The van der Waals surface area contributed by atoms with Crippen molar-refractivity contribution in [1.82, 2.24) is 15.5 Å². The summed E-state index contributed by atoms with van der Waals surface area (Å²) >= 11 is 0. The Hall–Kier alpha value is -1.99. The fraction of sp³-hybridized carbons (Fsp3) is 0.529. The molecule has 0 aliphatic carbocycles. The lowest BCUT2D eigenvalue weighted by atomic mass is 10.1. The van der Waals surface area contributed by atoms with Gasteiger partial charge >= 0.3 is 0 Å². The van der Waals surface area contributed by atoms with Crippen molar-refractivity contribution in [3.63, 3.8) is 0 Å². The third-order valence-corrected chi connectivity index (χ3v) is 3.53. The number of carbonyl (C=O) groups excluding carboxylic acids is 2. The number of hydrogen-bond donors (Lipinski definition) is 3. The minimum atomic E-state index is -0.636. The van der Waals surface area contributed by atoms with Gasteiger partial charge in [-0.3, -0.25) is 9.59 Å². The Morgan fingerprint density at radius 2 is 1.92 bits per heavy atom. The number of halogens is 1. The number of nitrogens with two attached hydrogens (primary N) is 1. The van der Waals surface area contributed by atoms with E-state index in [0.29, 0.717) is 12.1 Å². The third-order valence-electron chi connectivity index (χ3n) is 3.53. The summed E-state index contributed by atoms with van der Waals surface area (Å²) in [5, 5.41) is 5.20. The number of benzene rings is 1. The second-order valence-corrected chi connectivity index (χ2v) is 6.43. The number of nitrogens with zero attached hydrogens (tertiary/aromatic N) is 1. The van der Waals surface area contributed by atoms with E-state index in [-0.39, 0.29) is 36.6 Å². The van der Waals surface area contributed by atoms with E-state index < -0.39 is 6.04 Å². The molecule has 1 aromatic carbocycles. The van der Waals surface area contributed by atoms with Gasteiger partial charge in [0.15, 0.2) is 0 Å². The summed E-state index contributed by atoms with van der Waals surface area (Å²) in [6, 6.07) is 4.11. The van der Waals surface area contributed by atoms with Crippen LogP contribution in [0.15, 0.2) is 18.2 Å². The molecule has 0 aliphatic rings. The van der Waals surface area contributed by atoms with Gasteiger partial charge in [0.05, 0.1) is 12.6 Å². The van der Waals surface area contributed by atoms with E-state index in [2.05, 4.69) is 10.6 Å². The highest BCUT2D eigenvalue weighted by atomic mass is 19.1. The van der Waals surface area contributed by atoms with Crippen LogP contribution in [0.2, 0.25) is 0 Å². The first-order valence-corrected chi connectivity index (χ1v) is 7.92. The summed E-state index contributed by atoms with van der Waals surface area (Å²) in [6.07, 6.45) is 0. The van der Waals surface area contributed by atoms with Crippen LogP contribution in [0, 0.1) is 11.7 Å². The minimum Gasteiger partial charge on any atom is -0.350 e. The molecule has 6 nitrogen and oxygen atoms in total. The first kappa shape index (κ1) is 20.1. The highest BCUT2D eigenvalue weighted by Crippen LogP contribution is 2.12. The van der Waals surface area contributed by atoms with Crippen molar-refractivity contribution >= 4 is 11.8 Å². The molecular formula is C17H27FN4O2. The SMILES string of the molecule is CC(C)[C@H](N)C(=O)NCC(=O)NCc1ccc(F)c(CN(C)C)c1. The van der Waals surface area contributed by atoms with Gasteiger partial charge in [-0.1, -0.05) is 19.9 Å². The van der Waals surface area contributed by atoms with Crippen molar-refractivity contribution in [2.24, 2.45) is 11.7 Å². The molecule has 0 saturated heterocycles. The molecule has 4 N–H and O–H groups in total. The van der Waals surface area contributed by atoms with Crippen LogP contribution in [0.1, 0.15) is 25.0 Å². The maximum atomic E-state index is 13.7. The Labute approximate surface area is 142 Å². The lowest BCUT2D eigenvalue weighted by Gasteiger charge is -2.15. The molecule has 1 rings (SSSR count). The number of carbonyl (C=O) groups is 2. The van der Waals surface area contributed by atoms with E-state index in [1.165, 1.54) is 6.07 Å². The maximum absolute atomic E-state index is 13.7. The molecule has 0 aliphatic heterocycles. The summed E-state index contributed by atoms with van der Waals surface area (Å²) in [5.74, 6) is -0.941. The zero-order valence-electron chi connectivity index (χ0n) is 14.7. The van der Waals surface area contributed by atoms with Gasteiger partial charge in [-0.25, -0.2) is 4.39 Å². The molecule has 0 unspecified atom stereocenters. The van der Waals surface area contributed by atoms with Gasteiger partial charge in [0.2, 0.25) is 11.8 Å². The zero-order valence-corrected chi connectivity index (χ0v) is 14.7. The molecule has 1 atom stereocenters. The van der Waals surface area contributed by atoms with Crippen LogP contribution in [-0.4, -0.2) is 43.4 Å². The van der Waals surface area contributed by atoms with Gasteiger partial charge in [0.25, 0.3) is 0 Å².